The van der Waals surface area contributed by atoms with Gasteiger partial charge in [-0.1, -0.05) is 18.2 Å². The molecule has 2 aromatic rings. The Morgan fingerprint density at radius 1 is 1.03 bits per heavy atom. The molecule has 1 heterocycles. The van der Waals surface area contributed by atoms with Gasteiger partial charge in [-0.05, 0) is 75.3 Å². The van der Waals surface area contributed by atoms with Gasteiger partial charge in [0.2, 0.25) is 5.91 Å². The molecule has 1 amide bonds. The number of amides is 1. The largest absolute Gasteiger partial charge is 0.354 e. The highest BCUT2D eigenvalue weighted by molar-refractivity contribution is 7.92. The van der Waals surface area contributed by atoms with E-state index < -0.39 is 15.8 Å². The number of nitrogens with zero attached hydrogens (tertiary/aromatic N) is 2. The minimum Gasteiger partial charge on any atom is -0.354 e. The van der Waals surface area contributed by atoms with Crippen molar-refractivity contribution in [3.8, 4) is 0 Å². The maximum Gasteiger partial charge on any atom is 0.264 e. The van der Waals surface area contributed by atoms with E-state index in [4.69, 9.17) is 0 Å². The molecule has 1 N–H and O–H groups in total. The number of halogens is 1. The lowest BCUT2D eigenvalue weighted by molar-refractivity contribution is -0.119. The highest BCUT2D eigenvalue weighted by Crippen LogP contribution is 2.23. The summed E-state index contributed by atoms with van der Waals surface area (Å²) >= 11 is 0. The van der Waals surface area contributed by atoms with Crippen LogP contribution in [-0.4, -0.2) is 51.9 Å². The Balaban J connectivity index is 1.67. The van der Waals surface area contributed by atoms with E-state index in [1.807, 2.05) is 0 Å². The van der Waals surface area contributed by atoms with Gasteiger partial charge in [0.25, 0.3) is 10.0 Å². The van der Waals surface area contributed by atoms with Crippen LogP contribution in [0.25, 0.3) is 0 Å². The van der Waals surface area contributed by atoms with E-state index in [0.717, 1.165) is 42.5 Å². The van der Waals surface area contributed by atoms with Crippen molar-refractivity contribution in [2.24, 2.45) is 0 Å². The summed E-state index contributed by atoms with van der Waals surface area (Å²) in [6.07, 6.45) is 3.26. The fourth-order valence-corrected chi connectivity index (χ4v) is 4.79. The molecular weight excluding hydrogens is 393 g/mol. The van der Waals surface area contributed by atoms with E-state index in [0.29, 0.717) is 12.2 Å². The van der Waals surface area contributed by atoms with Crippen LogP contribution < -0.4 is 9.62 Å². The summed E-state index contributed by atoms with van der Waals surface area (Å²) in [5.41, 5.74) is 0.379. The van der Waals surface area contributed by atoms with Crippen molar-refractivity contribution in [1.29, 1.82) is 0 Å². The van der Waals surface area contributed by atoms with Gasteiger partial charge < -0.3 is 10.2 Å². The van der Waals surface area contributed by atoms with Gasteiger partial charge in [-0.2, -0.15) is 0 Å². The third kappa shape index (κ3) is 5.77. The zero-order valence-corrected chi connectivity index (χ0v) is 17.1. The highest BCUT2D eigenvalue weighted by Gasteiger charge is 2.27. The summed E-state index contributed by atoms with van der Waals surface area (Å²) in [7, 11) is -4.01. The molecule has 29 heavy (non-hydrogen) atoms. The molecule has 1 aliphatic heterocycles. The molecular formula is C21H26FN3O3S. The van der Waals surface area contributed by atoms with Gasteiger partial charge in [0, 0.05) is 6.54 Å². The number of carbonyl (C=O) groups is 1. The first-order valence-corrected chi connectivity index (χ1v) is 11.2. The summed E-state index contributed by atoms with van der Waals surface area (Å²) in [5, 5.41) is 2.81. The maximum atomic E-state index is 13.2. The van der Waals surface area contributed by atoms with Crippen LogP contribution >= 0.6 is 0 Å². The van der Waals surface area contributed by atoms with Gasteiger partial charge in [-0.3, -0.25) is 9.10 Å². The van der Waals surface area contributed by atoms with Gasteiger partial charge in [0.1, 0.15) is 12.4 Å². The lowest BCUT2D eigenvalue weighted by atomic mass is 10.3. The number of rotatable bonds is 9. The Bertz CT molecular complexity index is 899. The predicted molar refractivity (Wildman–Crippen MR) is 111 cm³/mol. The lowest BCUT2D eigenvalue weighted by Gasteiger charge is -2.24. The average molecular weight is 420 g/mol. The highest BCUT2D eigenvalue weighted by atomic mass is 32.2. The topological polar surface area (TPSA) is 69.7 Å². The smallest absolute Gasteiger partial charge is 0.264 e. The number of hydrogen-bond acceptors (Lipinski definition) is 4. The van der Waals surface area contributed by atoms with Gasteiger partial charge >= 0.3 is 0 Å². The summed E-state index contributed by atoms with van der Waals surface area (Å²) in [6, 6.07) is 13.0. The Labute approximate surface area is 171 Å². The molecule has 2 aromatic carbocycles. The van der Waals surface area contributed by atoms with Gasteiger partial charge in [0.05, 0.1) is 10.6 Å². The number of nitrogens with one attached hydrogen (secondary N) is 1. The molecule has 8 heteroatoms. The fourth-order valence-electron chi connectivity index (χ4n) is 3.37. The van der Waals surface area contributed by atoms with Crippen LogP contribution in [0.5, 0.6) is 0 Å². The third-order valence-corrected chi connectivity index (χ3v) is 6.69. The SMILES string of the molecule is O=C(CN(c1ccccc1)S(=O)(=O)c1ccc(F)cc1)NCCCN1CCCC1. The van der Waals surface area contributed by atoms with E-state index in [1.54, 1.807) is 30.3 Å². The standard InChI is InChI=1S/C21H26FN3O3S/c22-18-9-11-20(12-10-18)29(27,28)25(19-7-2-1-3-8-19)17-21(26)23-13-6-16-24-14-4-5-15-24/h1-3,7-12H,4-6,13-17H2,(H,23,26). The summed E-state index contributed by atoms with van der Waals surface area (Å²) in [6.45, 7) is 3.29. The average Bonchev–Trinajstić information content (AvgIpc) is 3.24. The molecule has 1 saturated heterocycles. The zero-order valence-electron chi connectivity index (χ0n) is 16.3. The first-order valence-electron chi connectivity index (χ1n) is 9.79. The molecule has 0 spiro atoms. The number of likely N-dealkylation sites (tertiary alicyclic amines) is 1. The molecule has 0 aromatic heterocycles. The van der Waals surface area contributed by atoms with Crippen LogP contribution in [0.1, 0.15) is 19.3 Å². The van der Waals surface area contributed by atoms with E-state index in [-0.39, 0.29) is 17.3 Å². The van der Waals surface area contributed by atoms with Gasteiger partial charge in [-0.25, -0.2) is 12.8 Å². The Morgan fingerprint density at radius 2 is 1.69 bits per heavy atom. The first kappa shape index (κ1) is 21.3. The van der Waals surface area contributed by atoms with Crippen molar-refractivity contribution in [2.75, 3.05) is 37.0 Å². The molecule has 0 aliphatic carbocycles. The summed E-state index contributed by atoms with van der Waals surface area (Å²) in [5.74, 6) is -0.896. The van der Waals surface area contributed by atoms with Gasteiger partial charge in [0.15, 0.2) is 0 Å². The molecule has 6 nitrogen and oxygen atoms in total. The minimum atomic E-state index is -4.01. The first-order chi connectivity index (χ1) is 14.0. The maximum absolute atomic E-state index is 13.2. The number of benzene rings is 2. The van der Waals surface area contributed by atoms with Crippen LogP contribution in [0.3, 0.4) is 0 Å². The molecule has 3 rings (SSSR count). The molecule has 0 atom stereocenters. The molecule has 1 aliphatic rings. The van der Waals surface area contributed by atoms with Crippen molar-refractivity contribution in [2.45, 2.75) is 24.2 Å². The van der Waals surface area contributed by atoms with Crippen LogP contribution in [0.4, 0.5) is 10.1 Å². The quantitative estimate of drug-likeness (QED) is 0.635. The van der Waals surface area contributed by atoms with Gasteiger partial charge in [-0.15, -0.1) is 0 Å². The monoisotopic (exact) mass is 419 g/mol. The molecule has 0 saturated carbocycles. The van der Waals surface area contributed by atoms with Crippen LogP contribution in [-0.2, 0) is 14.8 Å². The fraction of sp³-hybridized carbons (Fsp3) is 0.381. The van der Waals surface area contributed by atoms with Crippen LogP contribution in [0.2, 0.25) is 0 Å². The minimum absolute atomic E-state index is 0.0652. The number of hydrogen-bond donors (Lipinski definition) is 1. The molecule has 0 radical (unpaired) electrons. The summed E-state index contributed by atoms with van der Waals surface area (Å²) in [4.78, 5) is 14.8. The van der Waals surface area contributed by atoms with Crippen LogP contribution in [0, 0.1) is 5.82 Å². The number of sulfonamides is 1. The van der Waals surface area contributed by atoms with E-state index in [9.17, 15) is 17.6 Å². The number of carbonyl (C=O) groups excluding carboxylic acids is 1. The predicted octanol–water partition coefficient (Wildman–Crippen LogP) is 2.62. The van der Waals surface area contributed by atoms with E-state index in [2.05, 4.69) is 10.2 Å². The second kappa shape index (κ2) is 9.84. The van der Waals surface area contributed by atoms with Crippen molar-refractivity contribution in [3.63, 3.8) is 0 Å². The second-order valence-electron chi connectivity index (χ2n) is 7.05. The van der Waals surface area contributed by atoms with Crippen molar-refractivity contribution >= 4 is 21.6 Å². The van der Waals surface area contributed by atoms with Crippen LogP contribution in [0.15, 0.2) is 59.5 Å². The third-order valence-electron chi connectivity index (χ3n) is 4.90. The van der Waals surface area contributed by atoms with Crippen molar-refractivity contribution < 1.29 is 17.6 Å². The number of para-hydroxylation sites is 1. The normalized spacial score (nSPS) is 14.7. The Morgan fingerprint density at radius 3 is 2.34 bits per heavy atom. The lowest BCUT2D eigenvalue weighted by Crippen LogP contribution is -2.41. The van der Waals surface area contributed by atoms with Crippen molar-refractivity contribution in [1.82, 2.24) is 10.2 Å². The van der Waals surface area contributed by atoms with E-state index in [1.165, 1.54) is 25.0 Å². The molecule has 0 unspecified atom stereocenters. The number of anilines is 1. The summed E-state index contributed by atoms with van der Waals surface area (Å²) < 4.78 is 40.5. The Hall–Kier alpha value is -2.45. The molecule has 156 valence electrons. The zero-order chi connectivity index (χ0) is 20.7. The Kier molecular flexibility index (Phi) is 7.22. The second-order valence-corrected chi connectivity index (χ2v) is 8.92. The molecule has 0 bridgehead atoms. The molecule has 1 fully saturated rings. The van der Waals surface area contributed by atoms with E-state index >= 15 is 0 Å². The van der Waals surface area contributed by atoms with Crippen molar-refractivity contribution in [3.05, 3.63) is 60.4 Å².